The largest absolute Gasteiger partial charge is 0.326 e. The summed E-state index contributed by atoms with van der Waals surface area (Å²) in [6, 6.07) is 12.5. The molecule has 0 saturated carbocycles. The maximum absolute atomic E-state index is 12.2. The molecule has 0 aliphatic rings. The number of para-hydroxylation sites is 1. The Morgan fingerprint density at radius 3 is 2.77 bits per heavy atom. The number of aryl methyl sites for hydroxylation is 1. The molecule has 6 nitrogen and oxygen atoms in total. The molecular weight excluding hydrogens is 302 g/mol. The minimum absolute atomic E-state index is 0.270. The Balaban J connectivity index is 1.82. The predicted octanol–water partition coefficient (Wildman–Crippen LogP) is 3.59. The van der Waals surface area contributed by atoms with Crippen LogP contribution in [0.2, 0.25) is 5.15 Å². The van der Waals surface area contributed by atoms with Gasteiger partial charge in [0.2, 0.25) is 5.95 Å². The molecule has 112 valence electrons. The molecule has 0 fully saturated rings. The molecule has 0 aliphatic carbocycles. The van der Waals surface area contributed by atoms with Crippen molar-refractivity contribution in [3.05, 3.63) is 53.2 Å². The van der Waals surface area contributed by atoms with E-state index < -0.39 is 6.03 Å². The van der Waals surface area contributed by atoms with Crippen LogP contribution in [0.25, 0.3) is 5.65 Å². The molecular formula is C15H14ClN5O. The molecule has 2 amide bonds. The van der Waals surface area contributed by atoms with Gasteiger partial charge in [-0.25, -0.2) is 4.79 Å². The van der Waals surface area contributed by atoms with Crippen molar-refractivity contribution in [2.24, 2.45) is 0 Å². The third kappa shape index (κ3) is 2.73. The van der Waals surface area contributed by atoms with E-state index in [-0.39, 0.29) is 5.95 Å². The Morgan fingerprint density at radius 1 is 1.14 bits per heavy atom. The molecule has 0 aliphatic heterocycles. The zero-order valence-corrected chi connectivity index (χ0v) is 12.6. The molecule has 0 bridgehead atoms. The molecule has 22 heavy (non-hydrogen) atoms. The summed E-state index contributed by atoms with van der Waals surface area (Å²) >= 11 is 6.11. The lowest BCUT2D eigenvalue weighted by Crippen LogP contribution is -2.21. The molecule has 7 heteroatoms. The van der Waals surface area contributed by atoms with Gasteiger partial charge >= 0.3 is 6.03 Å². The topological polar surface area (TPSA) is 71.3 Å². The van der Waals surface area contributed by atoms with Crippen LogP contribution < -0.4 is 10.6 Å². The molecule has 0 atom stereocenters. The first-order chi connectivity index (χ1) is 10.7. The fourth-order valence-corrected chi connectivity index (χ4v) is 2.43. The zero-order valence-electron chi connectivity index (χ0n) is 11.9. The van der Waals surface area contributed by atoms with Crippen molar-refractivity contribution in [3.8, 4) is 0 Å². The summed E-state index contributed by atoms with van der Waals surface area (Å²) in [7, 11) is 0. The number of hydrogen-bond donors (Lipinski definition) is 2. The van der Waals surface area contributed by atoms with Crippen molar-refractivity contribution in [2.75, 3.05) is 10.6 Å². The number of nitrogens with one attached hydrogen (secondary N) is 2. The van der Waals surface area contributed by atoms with Crippen LogP contribution in [-0.2, 0) is 6.42 Å². The maximum Gasteiger partial charge on any atom is 0.326 e. The molecule has 1 aromatic carbocycles. The number of halogens is 1. The molecule has 2 aromatic heterocycles. The van der Waals surface area contributed by atoms with Gasteiger partial charge in [-0.15, -0.1) is 10.2 Å². The van der Waals surface area contributed by atoms with Gasteiger partial charge in [-0.3, -0.25) is 9.72 Å². The lowest BCUT2D eigenvalue weighted by Gasteiger charge is -2.10. The molecule has 2 heterocycles. The van der Waals surface area contributed by atoms with Crippen molar-refractivity contribution < 1.29 is 4.79 Å². The second kappa shape index (κ2) is 6.03. The van der Waals surface area contributed by atoms with Gasteiger partial charge in [0, 0.05) is 5.69 Å². The Kier molecular flexibility index (Phi) is 3.93. The van der Waals surface area contributed by atoms with Gasteiger partial charge in [-0.2, -0.15) is 0 Å². The quantitative estimate of drug-likeness (QED) is 0.726. The van der Waals surface area contributed by atoms with Gasteiger partial charge < -0.3 is 5.32 Å². The van der Waals surface area contributed by atoms with E-state index in [9.17, 15) is 4.79 Å². The number of benzene rings is 1. The number of hydrogen-bond acceptors (Lipinski definition) is 3. The SMILES string of the molecule is CCc1ccccc1NC(=O)Nc1nnc2cccc(Cl)n12. The molecule has 2 N–H and O–H groups in total. The van der Waals surface area contributed by atoms with Crippen LogP contribution >= 0.6 is 11.6 Å². The van der Waals surface area contributed by atoms with Gasteiger partial charge in [0.05, 0.1) is 0 Å². The number of rotatable bonds is 3. The number of amides is 2. The smallest absolute Gasteiger partial charge is 0.307 e. The van der Waals surface area contributed by atoms with Crippen LogP contribution in [0.15, 0.2) is 42.5 Å². The standard InChI is InChI=1S/C15H14ClN5O/c1-2-10-6-3-4-7-11(10)17-15(22)18-14-20-19-13-9-5-8-12(16)21(13)14/h3-9H,2H2,1H3,(H2,17,18,20,22). The van der Waals surface area contributed by atoms with Crippen LogP contribution in [-0.4, -0.2) is 20.6 Å². The van der Waals surface area contributed by atoms with Gasteiger partial charge in [0.1, 0.15) is 5.15 Å². The summed E-state index contributed by atoms with van der Waals surface area (Å²) in [5.41, 5.74) is 2.39. The maximum atomic E-state index is 12.2. The zero-order chi connectivity index (χ0) is 15.5. The van der Waals surface area contributed by atoms with Crippen LogP contribution in [0.4, 0.5) is 16.4 Å². The van der Waals surface area contributed by atoms with Gasteiger partial charge in [0.15, 0.2) is 5.65 Å². The minimum atomic E-state index is -0.393. The second-order valence-electron chi connectivity index (χ2n) is 4.66. The monoisotopic (exact) mass is 315 g/mol. The highest BCUT2D eigenvalue weighted by Crippen LogP contribution is 2.18. The van der Waals surface area contributed by atoms with Crippen LogP contribution in [0.1, 0.15) is 12.5 Å². The van der Waals surface area contributed by atoms with E-state index in [0.29, 0.717) is 10.8 Å². The Hall–Kier alpha value is -2.60. The number of nitrogens with zero attached hydrogens (tertiary/aromatic N) is 3. The Morgan fingerprint density at radius 2 is 1.95 bits per heavy atom. The summed E-state index contributed by atoms with van der Waals surface area (Å²) in [5.74, 6) is 0.270. The second-order valence-corrected chi connectivity index (χ2v) is 5.04. The summed E-state index contributed by atoms with van der Waals surface area (Å²) in [4.78, 5) is 12.2. The Bertz CT molecular complexity index is 830. The predicted molar refractivity (Wildman–Crippen MR) is 86.5 cm³/mol. The first kappa shape index (κ1) is 14.3. The first-order valence-corrected chi connectivity index (χ1v) is 7.22. The van der Waals surface area contributed by atoms with Gasteiger partial charge in [-0.05, 0) is 30.2 Å². The molecule has 3 aromatic rings. The first-order valence-electron chi connectivity index (χ1n) is 6.84. The van der Waals surface area contributed by atoms with E-state index in [1.807, 2.05) is 31.2 Å². The van der Waals surface area contributed by atoms with Crippen molar-refractivity contribution >= 4 is 34.9 Å². The number of urea groups is 1. The van der Waals surface area contributed by atoms with Gasteiger partial charge in [-0.1, -0.05) is 42.8 Å². The summed E-state index contributed by atoms with van der Waals surface area (Å²) < 4.78 is 1.56. The number of pyridine rings is 1. The highest BCUT2D eigenvalue weighted by atomic mass is 35.5. The highest BCUT2D eigenvalue weighted by Gasteiger charge is 2.12. The molecule has 0 saturated heterocycles. The van der Waals surface area contributed by atoms with Crippen molar-refractivity contribution in [3.63, 3.8) is 0 Å². The van der Waals surface area contributed by atoms with Crippen molar-refractivity contribution in [2.45, 2.75) is 13.3 Å². The summed E-state index contributed by atoms with van der Waals surface area (Å²) in [6.45, 7) is 2.03. The highest BCUT2D eigenvalue weighted by molar-refractivity contribution is 6.30. The van der Waals surface area contributed by atoms with Gasteiger partial charge in [0.25, 0.3) is 0 Å². The third-order valence-electron chi connectivity index (χ3n) is 3.25. The average Bonchev–Trinajstić information content (AvgIpc) is 2.92. The fraction of sp³-hybridized carbons (Fsp3) is 0.133. The number of anilines is 2. The number of fused-ring (bicyclic) bond motifs is 1. The number of carbonyl (C=O) groups excluding carboxylic acids is 1. The van der Waals surface area contributed by atoms with Crippen LogP contribution in [0, 0.1) is 0 Å². The van der Waals surface area contributed by atoms with Crippen LogP contribution in [0.5, 0.6) is 0 Å². The van der Waals surface area contributed by atoms with Crippen LogP contribution in [0.3, 0.4) is 0 Å². The van der Waals surface area contributed by atoms with Crippen molar-refractivity contribution in [1.29, 1.82) is 0 Å². The van der Waals surface area contributed by atoms with E-state index in [2.05, 4.69) is 20.8 Å². The summed E-state index contributed by atoms with van der Waals surface area (Å²) in [5, 5.41) is 13.8. The van der Waals surface area contributed by atoms with E-state index in [0.717, 1.165) is 17.7 Å². The van der Waals surface area contributed by atoms with E-state index >= 15 is 0 Å². The molecule has 0 spiro atoms. The number of carbonyl (C=O) groups is 1. The minimum Gasteiger partial charge on any atom is -0.307 e. The molecule has 0 unspecified atom stereocenters. The third-order valence-corrected chi connectivity index (χ3v) is 3.55. The van der Waals surface area contributed by atoms with E-state index in [1.165, 1.54) is 0 Å². The lowest BCUT2D eigenvalue weighted by atomic mass is 10.1. The normalized spacial score (nSPS) is 10.6. The lowest BCUT2D eigenvalue weighted by molar-refractivity contribution is 0.262. The van der Waals surface area contributed by atoms with Crippen molar-refractivity contribution in [1.82, 2.24) is 14.6 Å². The Labute approximate surface area is 132 Å². The fourth-order valence-electron chi connectivity index (χ4n) is 2.19. The molecule has 3 rings (SSSR count). The van der Waals surface area contributed by atoms with E-state index in [4.69, 9.17) is 11.6 Å². The molecule has 0 radical (unpaired) electrons. The number of aromatic nitrogens is 3. The van der Waals surface area contributed by atoms with E-state index in [1.54, 1.807) is 22.6 Å². The average molecular weight is 316 g/mol. The summed E-state index contributed by atoms with van der Waals surface area (Å²) in [6.07, 6.45) is 0.830.